The van der Waals surface area contributed by atoms with E-state index in [4.69, 9.17) is 0 Å². The van der Waals surface area contributed by atoms with Gasteiger partial charge in [-0.05, 0) is 79.1 Å². The molecule has 0 unspecified atom stereocenters. The summed E-state index contributed by atoms with van der Waals surface area (Å²) in [6.45, 7) is 15.1. The standard InChI is InChI=1S/C33H45N3O4/c1-28(2)10-12-33(36-27(40)35-14-15-37)13-11-32(7)25(21(33)18-28)22(38)16-24-30(5)17-20(19-34)26(39)29(3,4)23(30)8-9-31(24,32)6/h15-17,21,23,25H,8-14,18H2,1-7H3,(H2,35,36,40)/t21-,23-,25-,30-,31+,32+,33-/m0/s1. The second kappa shape index (κ2) is 8.87. The van der Waals surface area contributed by atoms with Gasteiger partial charge in [-0.1, -0.05) is 60.1 Å². The van der Waals surface area contributed by atoms with E-state index in [0.29, 0.717) is 6.29 Å². The van der Waals surface area contributed by atoms with Crippen LogP contribution in [0.5, 0.6) is 0 Å². The normalized spacial score (nSPS) is 42.9. The number of ketones is 2. The Morgan fingerprint density at radius 1 is 1.05 bits per heavy atom. The summed E-state index contributed by atoms with van der Waals surface area (Å²) in [6.07, 6.45) is 10.3. The first-order valence-corrected chi connectivity index (χ1v) is 15.0. The Morgan fingerprint density at radius 3 is 2.38 bits per heavy atom. The predicted octanol–water partition coefficient (Wildman–Crippen LogP) is 5.46. The van der Waals surface area contributed by atoms with Crippen LogP contribution in [-0.2, 0) is 14.4 Å². The molecule has 0 spiro atoms. The van der Waals surface area contributed by atoms with Gasteiger partial charge in [-0.3, -0.25) is 9.59 Å². The summed E-state index contributed by atoms with van der Waals surface area (Å²) in [4.78, 5) is 51.5. The van der Waals surface area contributed by atoms with Crippen molar-refractivity contribution in [3.63, 3.8) is 0 Å². The minimum Gasteiger partial charge on any atom is -0.332 e. The number of hydrogen-bond acceptors (Lipinski definition) is 5. The first kappa shape index (κ1) is 28.8. The summed E-state index contributed by atoms with van der Waals surface area (Å²) >= 11 is 0. The lowest BCUT2D eigenvalue weighted by molar-refractivity contribution is -0.160. The van der Waals surface area contributed by atoms with Crippen LogP contribution >= 0.6 is 0 Å². The van der Waals surface area contributed by atoms with Crippen molar-refractivity contribution < 1.29 is 19.2 Å². The molecule has 40 heavy (non-hydrogen) atoms. The predicted molar refractivity (Wildman–Crippen MR) is 152 cm³/mol. The molecule has 0 aliphatic heterocycles. The molecule has 0 aromatic carbocycles. The van der Waals surface area contributed by atoms with Crippen LogP contribution in [0.4, 0.5) is 4.79 Å². The lowest BCUT2D eigenvalue weighted by Crippen LogP contribution is -2.70. The van der Waals surface area contributed by atoms with Gasteiger partial charge in [0, 0.05) is 22.3 Å². The quantitative estimate of drug-likeness (QED) is 0.456. The molecule has 0 aromatic heterocycles. The Kier molecular flexibility index (Phi) is 6.38. The SMILES string of the molecule is CC1(C)CC[C@]2(NC(=O)NCC=O)CC[C@]3(C)[C@H](C(=O)C=C4[C@@]5(C)C=C(C#N)C(=O)C(C)(C)[C@@H]5CC[C@]43C)[C@@H]2C1. The molecule has 0 radical (unpaired) electrons. The van der Waals surface area contributed by atoms with E-state index in [1.165, 1.54) is 0 Å². The topological polar surface area (TPSA) is 116 Å². The van der Waals surface area contributed by atoms with Gasteiger partial charge in [-0.2, -0.15) is 5.26 Å². The molecule has 0 heterocycles. The fraction of sp³-hybridized carbons (Fsp3) is 0.727. The Morgan fingerprint density at radius 2 is 1.73 bits per heavy atom. The smallest absolute Gasteiger partial charge is 0.315 e. The Bertz CT molecular complexity index is 1290. The maximum Gasteiger partial charge on any atom is 0.315 e. The Balaban J connectivity index is 1.64. The van der Waals surface area contributed by atoms with Crippen LogP contribution in [0.3, 0.4) is 0 Å². The number of hydrogen-bond donors (Lipinski definition) is 2. The lowest BCUT2D eigenvalue weighted by Gasteiger charge is -2.69. The minimum absolute atomic E-state index is 0.0105. The average Bonchev–Trinajstić information content (AvgIpc) is 2.87. The third kappa shape index (κ3) is 3.73. The van der Waals surface area contributed by atoms with Gasteiger partial charge in [0.1, 0.15) is 12.4 Å². The second-order valence-electron chi connectivity index (χ2n) is 15.4. The van der Waals surface area contributed by atoms with Gasteiger partial charge in [0.25, 0.3) is 0 Å². The number of urea groups is 1. The maximum absolute atomic E-state index is 14.5. The number of fused-ring (bicyclic) bond motifs is 7. The van der Waals surface area contributed by atoms with Crippen LogP contribution in [-0.4, -0.2) is 36.0 Å². The molecular formula is C33H45N3O4. The van der Waals surface area contributed by atoms with Gasteiger partial charge in [-0.25, -0.2) is 4.79 Å². The molecule has 7 nitrogen and oxygen atoms in total. The van der Waals surface area contributed by atoms with E-state index in [2.05, 4.69) is 51.3 Å². The first-order chi connectivity index (χ1) is 18.5. The summed E-state index contributed by atoms with van der Waals surface area (Å²) in [7, 11) is 0. The minimum atomic E-state index is -0.689. The zero-order valence-electron chi connectivity index (χ0n) is 25.2. The molecule has 2 N–H and O–H groups in total. The van der Waals surface area contributed by atoms with Gasteiger partial charge >= 0.3 is 6.03 Å². The number of Topliss-reactive ketones (excluding diaryl/α,β-unsaturated/α-hetero) is 1. The zero-order chi connectivity index (χ0) is 29.5. The highest BCUT2D eigenvalue weighted by molar-refractivity contribution is 6.04. The van der Waals surface area contributed by atoms with Crippen molar-refractivity contribution in [2.75, 3.05) is 6.54 Å². The molecule has 0 saturated heterocycles. The average molecular weight is 548 g/mol. The molecule has 3 fully saturated rings. The number of aldehydes is 1. The van der Waals surface area contributed by atoms with Crippen molar-refractivity contribution in [2.45, 2.75) is 99.0 Å². The molecule has 0 bridgehead atoms. The summed E-state index contributed by atoms with van der Waals surface area (Å²) in [5, 5.41) is 15.8. The monoisotopic (exact) mass is 547 g/mol. The van der Waals surface area contributed by atoms with Crippen molar-refractivity contribution in [2.24, 2.45) is 44.8 Å². The van der Waals surface area contributed by atoms with Crippen LogP contribution in [0.25, 0.3) is 0 Å². The Labute approximate surface area is 238 Å². The Hall–Kier alpha value is -2.75. The van der Waals surface area contributed by atoms with Gasteiger partial charge in [0.2, 0.25) is 0 Å². The summed E-state index contributed by atoms with van der Waals surface area (Å²) < 4.78 is 0. The lowest BCUT2D eigenvalue weighted by atomic mass is 9.35. The van der Waals surface area contributed by atoms with Crippen molar-refractivity contribution in [3.05, 3.63) is 23.3 Å². The van der Waals surface area contributed by atoms with E-state index in [1.54, 1.807) is 0 Å². The van der Waals surface area contributed by atoms with Crippen LogP contribution in [0, 0.1) is 56.2 Å². The van der Waals surface area contributed by atoms with E-state index < -0.39 is 16.4 Å². The molecule has 7 heteroatoms. The molecule has 5 aliphatic carbocycles. The highest BCUT2D eigenvalue weighted by Gasteiger charge is 2.70. The van der Waals surface area contributed by atoms with Gasteiger partial charge in [0.15, 0.2) is 11.6 Å². The van der Waals surface area contributed by atoms with Crippen molar-refractivity contribution in [1.82, 2.24) is 10.6 Å². The van der Waals surface area contributed by atoms with Gasteiger partial charge < -0.3 is 15.4 Å². The van der Waals surface area contributed by atoms with E-state index in [-0.39, 0.29) is 63.7 Å². The number of nitrogens with one attached hydrogen (secondary N) is 2. The number of nitrogens with zero attached hydrogens (tertiary/aromatic N) is 1. The third-order valence-electron chi connectivity index (χ3n) is 12.6. The van der Waals surface area contributed by atoms with E-state index in [1.807, 2.05) is 26.0 Å². The van der Waals surface area contributed by atoms with Crippen LogP contribution in [0.15, 0.2) is 23.3 Å². The van der Waals surface area contributed by atoms with Gasteiger partial charge in [-0.15, -0.1) is 0 Å². The third-order valence-corrected chi connectivity index (χ3v) is 12.6. The maximum atomic E-state index is 14.5. The van der Waals surface area contributed by atoms with E-state index >= 15 is 0 Å². The fourth-order valence-corrected chi connectivity index (χ4v) is 10.3. The van der Waals surface area contributed by atoms with Crippen LogP contribution in [0.2, 0.25) is 0 Å². The zero-order valence-corrected chi connectivity index (χ0v) is 25.2. The van der Waals surface area contributed by atoms with Crippen molar-refractivity contribution >= 4 is 23.9 Å². The number of carbonyl (C=O) groups is 4. The molecule has 7 atom stereocenters. The van der Waals surface area contributed by atoms with Crippen molar-refractivity contribution in [3.8, 4) is 6.07 Å². The molecule has 5 aliphatic rings. The summed E-state index contributed by atoms with van der Waals surface area (Å²) in [5.41, 5.74) is -1.06. The van der Waals surface area contributed by atoms with E-state index in [9.17, 15) is 24.4 Å². The molecule has 3 saturated carbocycles. The highest BCUT2D eigenvalue weighted by Crippen LogP contribution is 2.73. The molecule has 216 valence electrons. The summed E-state index contributed by atoms with van der Waals surface area (Å²) in [5.74, 6) is -0.256. The fourth-order valence-electron chi connectivity index (χ4n) is 10.3. The number of nitriles is 1. The molecule has 2 amide bonds. The van der Waals surface area contributed by atoms with Crippen LogP contribution < -0.4 is 10.6 Å². The van der Waals surface area contributed by atoms with Crippen molar-refractivity contribution in [1.29, 1.82) is 5.26 Å². The van der Waals surface area contributed by atoms with Crippen LogP contribution in [0.1, 0.15) is 93.4 Å². The van der Waals surface area contributed by atoms with Gasteiger partial charge in [0.05, 0.1) is 12.1 Å². The molecular weight excluding hydrogens is 502 g/mol. The molecule has 5 rings (SSSR count). The summed E-state index contributed by atoms with van der Waals surface area (Å²) in [6, 6.07) is 1.82. The number of rotatable bonds is 3. The first-order valence-electron chi connectivity index (χ1n) is 15.0. The number of amides is 2. The number of carbonyl (C=O) groups excluding carboxylic acids is 4. The molecule has 0 aromatic rings. The van der Waals surface area contributed by atoms with E-state index in [0.717, 1.165) is 50.5 Å². The largest absolute Gasteiger partial charge is 0.332 e. The highest BCUT2D eigenvalue weighted by atomic mass is 16.2. The second-order valence-corrected chi connectivity index (χ2v) is 15.4. The number of allylic oxidation sites excluding steroid dienone is 4.